The molecule has 19 heavy (non-hydrogen) atoms. The van der Waals surface area contributed by atoms with E-state index in [1.807, 2.05) is 6.92 Å². The standard InChI is InChI=1S/C11H17F3N4O/c1-2-4-8-9(18-15)16-7-17-10(8)19-6-3-5-11(12,13)14/h7H,2-6,15H2,1H3,(H,16,17,18). The minimum atomic E-state index is -4.16. The first kappa shape index (κ1) is 15.5. The summed E-state index contributed by atoms with van der Waals surface area (Å²) < 4.78 is 41.3. The van der Waals surface area contributed by atoms with Crippen molar-refractivity contribution in [3.63, 3.8) is 0 Å². The monoisotopic (exact) mass is 278 g/mol. The van der Waals surface area contributed by atoms with E-state index in [0.29, 0.717) is 17.8 Å². The molecule has 0 radical (unpaired) electrons. The Bertz CT molecular complexity index is 398. The highest BCUT2D eigenvalue weighted by Crippen LogP contribution is 2.24. The zero-order chi connectivity index (χ0) is 14.3. The third-order valence-corrected chi connectivity index (χ3v) is 2.39. The lowest BCUT2D eigenvalue weighted by atomic mass is 10.2. The van der Waals surface area contributed by atoms with Crippen molar-refractivity contribution in [1.29, 1.82) is 0 Å². The number of hydrazine groups is 1. The average molecular weight is 278 g/mol. The van der Waals surface area contributed by atoms with Crippen molar-refractivity contribution in [1.82, 2.24) is 9.97 Å². The number of ether oxygens (including phenoxy) is 1. The molecular formula is C11H17F3N4O. The third kappa shape index (κ3) is 5.29. The molecule has 0 aromatic carbocycles. The Hall–Kier alpha value is -1.57. The van der Waals surface area contributed by atoms with Gasteiger partial charge in [-0.1, -0.05) is 13.3 Å². The van der Waals surface area contributed by atoms with Gasteiger partial charge in [-0.25, -0.2) is 15.8 Å². The Morgan fingerprint density at radius 2 is 2.11 bits per heavy atom. The molecule has 0 saturated carbocycles. The Labute approximate surface area is 109 Å². The second kappa shape index (κ2) is 7.13. The summed E-state index contributed by atoms with van der Waals surface area (Å²) in [5, 5.41) is 0. The molecule has 0 atom stereocenters. The molecule has 0 fully saturated rings. The predicted molar refractivity (Wildman–Crippen MR) is 64.6 cm³/mol. The van der Waals surface area contributed by atoms with Gasteiger partial charge in [0.2, 0.25) is 5.88 Å². The highest BCUT2D eigenvalue weighted by molar-refractivity contribution is 5.47. The number of nitrogens with two attached hydrogens (primary N) is 1. The van der Waals surface area contributed by atoms with Crippen LogP contribution in [-0.4, -0.2) is 22.8 Å². The van der Waals surface area contributed by atoms with E-state index in [2.05, 4.69) is 15.4 Å². The summed E-state index contributed by atoms with van der Waals surface area (Å²) >= 11 is 0. The van der Waals surface area contributed by atoms with Gasteiger partial charge >= 0.3 is 6.18 Å². The topological polar surface area (TPSA) is 73.1 Å². The molecule has 1 heterocycles. The molecule has 1 aromatic heterocycles. The lowest BCUT2D eigenvalue weighted by Gasteiger charge is -2.13. The van der Waals surface area contributed by atoms with Gasteiger partial charge < -0.3 is 10.2 Å². The number of rotatable bonds is 7. The molecule has 0 aliphatic heterocycles. The number of anilines is 1. The van der Waals surface area contributed by atoms with Crippen molar-refractivity contribution >= 4 is 5.82 Å². The molecular weight excluding hydrogens is 261 g/mol. The second-order valence-corrected chi connectivity index (χ2v) is 3.97. The van der Waals surface area contributed by atoms with Gasteiger partial charge in [0.15, 0.2) is 0 Å². The maximum Gasteiger partial charge on any atom is 0.389 e. The smallest absolute Gasteiger partial charge is 0.389 e. The van der Waals surface area contributed by atoms with Crippen LogP contribution in [0.1, 0.15) is 31.7 Å². The van der Waals surface area contributed by atoms with E-state index in [4.69, 9.17) is 10.6 Å². The molecule has 3 N–H and O–H groups in total. The van der Waals surface area contributed by atoms with Crippen LogP contribution in [0.4, 0.5) is 19.0 Å². The van der Waals surface area contributed by atoms with Crippen molar-refractivity contribution in [3.8, 4) is 5.88 Å². The first-order valence-corrected chi connectivity index (χ1v) is 5.98. The number of hydrogen-bond donors (Lipinski definition) is 2. The van der Waals surface area contributed by atoms with Crippen LogP contribution in [0.15, 0.2) is 6.33 Å². The van der Waals surface area contributed by atoms with Gasteiger partial charge in [-0.15, -0.1) is 0 Å². The number of alkyl halides is 3. The number of nitrogens with one attached hydrogen (secondary N) is 1. The Kier molecular flexibility index (Phi) is 5.81. The second-order valence-electron chi connectivity index (χ2n) is 3.97. The minimum absolute atomic E-state index is 0.0444. The molecule has 0 spiro atoms. The molecule has 8 heteroatoms. The fourth-order valence-electron chi connectivity index (χ4n) is 1.56. The lowest BCUT2D eigenvalue weighted by Crippen LogP contribution is -2.14. The van der Waals surface area contributed by atoms with Gasteiger partial charge in [0.1, 0.15) is 12.1 Å². The number of nitrogen functional groups attached to an aromatic ring is 1. The maximum atomic E-state index is 12.0. The molecule has 108 valence electrons. The highest BCUT2D eigenvalue weighted by Gasteiger charge is 2.26. The van der Waals surface area contributed by atoms with Crippen LogP contribution in [0.2, 0.25) is 0 Å². The third-order valence-electron chi connectivity index (χ3n) is 2.39. The largest absolute Gasteiger partial charge is 0.477 e. The van der Waals surface area contributed by atoms with Gasteiger partial charge in [0, 0.05) is 6.42 Å². The molecule has 0 unspecified atom stereocenters. The first-order chi connectivity index (χ1) is 8.98. The van der Waals surface area contributed by atoms with Crippen LogP contribution in [0.3, 0.4) is 0 Å². The quantitative estimate of drug-likeness (QED) is 0.455. The van der Waals surface area contributed by atoms with E-state index < -0.39 is 12.6 Å². The van der Waals surface area contributed by atoms with E-state index in [-0.39, 0.29) is 18.9 Å². The predicted octanol–water partition coefficient (Wildman–Crippen LogP) is 2.44. The Morgan fingerprint density at radius 1 is 1.37 bits per heavy atom. The minimum Gasteiger partial charge on any atom is -0.477 e. The molecule has 0 bridgehead atoms. The van der Waals surface area contributed by atoms with Gasteiger partial charge in [-0.3, -0.25) is 0 Å². The zero-order valence-corrected chi connectivity index (χ0v) is 10.6. The summed E-state index contributed by atoms with van der Waals surface area (Å²) in [5.41, 5.74) is 3.10. The number of aromatic nitrogens is 2. The van der Waals surface area contributed by atoms with Crippen LogP contribution in [-0.2, 0) is 6.42 Å². The highest BCUT2D eigenvalue weighted by atomic mass is 19.4. The first-order valence-electron chi connectivity index (χ1n) is 5.98. The zero-order valence-electron chi connectivity index (χ0n) is 10.6. The molecule has 0 amide bonds. The van der Waals surface area contributed by atoms with Crippen LogP contribution in [0.25, 0.3) is 0 Å². The van der Waals surface area contributed by atoms with Crippen LogP contribution >= 0.6 is 0 Å². The van der Waals surface area contributed by atoms with E-state index in [1.54, 1.807) is 0 Å². The summed E-state index contributed by atoms with van der Waals surface area (Å²) in [5.74, 6) is 6.03. The summed E-state index contributed by atoms with van der Waals surface area (Å²) in [4.78, 5) is 7.87. The van der Waals surface area contributed by atoms with Crippen molar-refractivity contribution in [2.24, 2.45) is 5.84 Å². The molecule has 1 aromatic rings. The SMILES string of the molecule is CCCc1c(NN)ncnc1OCCCC(F)(F)F. The lowest BCUT2D eigenvalue weighted by molar-refractivity contribution is -0.136. The maximum absolute atomic E-state index is 12.0. The van der Waals surface area contributed by atoms with Gasteiger partial charge in [0.25, 0.3) is 0 Å². The number of halogens is 3. The van der Waals surface area contributed by atoms with Crippen LogP contribution in [0, 0.1) is 0 Å². The van der Waals surface area contributed by atoms with Gasteiger partial charge in [-0.05, 0) is 12.8 Å². The fraction of sp³-hybridized carbons (Fsp3) is 0.636. The summed E-state index contributed by atoms with van der Waals surface area (Å²) in [6, 6.07) is 0. The number of nitrogens with zero attached hydrogens (tertiary/aromatic N) is 2. The molecule has 0 aliphatic rings. The normalized spacial score (nSPS) is 11.4. The number of hydrogen-bond acceptors (Lipinski definition) is 5. The van der Waals surface area contributed by atoms with E-state index in [1.165, 1.54) is 6.33 Å². The van der Waals surface area contributed by atoms with Crippen LogP contribution < -0.4 is 16.0 Å². The molecule has 0 aliphatic carbocycles. The van der Waals surface area contributed by atoms with E-state index >= 15 is 0 Å². The fourth-order valence-corrected chi connectivity index (χ4v) is 1.56. The molecule has 1 rings (SSSR count). The summed E-state index contributed by atoms with van der Waals surface area (Å²) in [6.07, 6.45) is -2.43. The molecule has 0 saturated heterocycles. The van der Waals surface area contributed by atoms with Gasteiger partial charge in [0.05, 0.1) is 12.2 Å². The van der Waals surface area contributed by atoms with Crippen molar-refractivity contribution in [2.75, 3.05) is 12.0 Å². The summed E-state index contributed by atoms with van der Waals surface area (Å²) in [7, 11) is 0. The summed E-state index contributed by atoms with van der Waals surface area (Å²) in [6.45, 7) is 1.91. The van der Waals surface area contributed by atoms with Crippen molar-refractivity contribution in [3.05, 3.63) is 11.9 Å². The van der Waals surface area contributed by atoms with E-state index in [0.717, 1.165) is 6.42 Å². The van der Waals surface area contributed by atoms with Gasteiger partial charge in [-0.2, -0.15) is 13.2 Å². The average Bonchev–Trinajstić information content (AvgIpc) is 2.35. The van der Waals surface area contributed by atoms with Crippen LogP contribution in [0.5, 0.6) is 5.88 Å². The van der Waals surface area contributed by atoms with Crippen molar-refractivity contribution in [2.45, 2.75) is 38.8 Å². The van der Waals surface area contributed by atoms with Crippen molar-refractivity contribution < 1.29 is 17.9 Å². The Morgan fingerprint density at radius 3 is 2.68 bits per heavy atom. The van der Waals surface area contributed by atoms with E-state index in [9.17, 15) is 13.2 Å². The Balaban J connectivity index is 2.62. The molecule has 5 nitrogen and oxygen atoms in total.